The first-order valence-corrected chi connectivity index (χ1v) is 11.1. The first-order valence-electron chi connectivity index (χ1n) is 11.1. The molecule has 1 heterocycles. The Labute approximate surface area is 202 Å². The maximum absolute atomic E-state index is 13.2. The predicted molar refractivity (Wildman–Crippen MR) is 128 cm³/mol. The Kier molecular flexibility index (Phi) is 6.86. The lowest BCUT2D eigenvalue weighted by Gasteiger charge is -2.46. The third kappa shape index (κ3) is 5.03. The topological polar surface area (TPSA) is 117 Å². The molecule has 0 bridgehead atoms. The number of aromatic hydroxyl groups is 1. The zero-order valence-electron chi connectivity index (χ0n) is 19.2. The molecule has 3 amide bonds. The summed E-state index contributed by atoms with van der Waals surface area (Å²) in [5.74, 6) is -0.603. The lowest BCUT2D eigenvalue weighted by molar-refractivity contribution is -0.169. The molecule has 1 aliphatic heterocycles. The van der Waals surface area contributed by atoms with Gasteiger partial charge in [-0.1, -0.05) is 36.4 Å². The summed E-state index contributed by atoms with van der Waals surface area (Å²) < 4.78 is 11.5. The summed E-state index contributed by atoms with van der Waals surface area (Å²) in [6.45, 7) is 3.44. The largest absolute Gasteiger partial charge is 0.508 e. The molecule has 0 spiro atoms. The molecule has 35 heavy (non-hydrogen) atoms. The zero-order valence-corrected chi connectivity index (χ0v) is 19.2. The molecule has 0 radical (unpaired) electrons. The minimum Gasteiger partial charge on any atom is -0.508 e. The van der Waals surface area contributed by atoms with Crippen LogP contribution in [0, 0.1) is 0 Å². The monoisotopic (exact) mass is 475 g/mol. The van der Waals surface area contributed by atoms with Gasteiger partial charge in [0.2, 0.25) is 12.0 Å². The number of phenols is 1. The van der Waals surface area contributed by atoms with Gasteiger partial charge in [0.15, 0.2) is 0 Å². The fourth-order valence-electron chi connectivity index (χ4n) is 3.82. The Bertz CT molecular complexity index is 1250. The number of benzene rings is 3. The number of carbonyl (C=O) groups excluding carboxylic acids is 3. The number of amides is 3. The molecule has 2 atom stereocenters. The van der Waals surface area contributed by atoms with Gasteiger partial charge in [-0.15, -0.1) is 0 Å². The number of nitrogens with one attached hydrogen (secondary N) is 2. The van der Waals surface area contributed by atoms with Crippen LogP contribution < -0.4 is 20.2 Å². The molecule has 9 heteroatoms. The highest BCUT2D eigenvalue weighted by Crippen LogP contribution is 2.40. The molecular formula is C26H25N3O6. The molecular weight excluding hydrogens is 450 g/mol. The van der Waals surface area contributed by atoms with Crippen LogP contribution >= 0.6 is 0 Å². The number of anilines is 1. The van der Waals surface area contributed by atoms with E-state index in [4.69, 9.17) is 9.47 Å². The van der Waals surface area contributed by atoms with Crippen molar-refractivity contribution in [1.82, 2.24) is 10.4 Å². The highest BCUT2D eigenvalue weighted by atomic mass is 16.5. The molecule has 180 valence electrons. The first-order chi connectivity index (χ1) is 16.9. The number of nitrogens with zero attached hydrogens (tertiary/aromatic N) is 1. The SMILES string of the molecule is CCOc1cc(NC(C)=O)ccc1C(=O)NN1C(=O)[C@@H](Oc2ccccc2)[C@H]1c1ccccc1O. The van der Waals surface area contributed by atoms with Gasteiger partial charge in [-0.05, 0) is 37.3 Å². The average molecular weight is 476 g/mol. The van der Waals surface area contributed by atoms with Crippen molar-refractivity contribution in [3.05, 3.63) is 83.9 Å². The summed E-state index contributed by atoms with van der Waals surface area (Å²) in [6.07, 6.45) is -0.945. The Hall–Kier alpha value is -4.53. The minimum atomic E-state index is -0.945. The molecule has 1 saturated heterocycles. The van der Waals surface area contributed by atoms with Crippen molar-refractivity contribution in [1.29, 1.82) is 0 Å². The van der Waals surface area contributed by atoms with Gasteiger partial charge in [-0.25, -0.2) is 5.01 Å². The minimum absolute atomic E-state index is 0.0272. The maximum Gasteiger partial charge on any atom is 0.285 e. The molecule has 9 nitrogen and oxygen atoms in total. The molecule has 0 aliphatic carbocycles. The Morgan fingerprint density at radius 1 is 1.03 bits per heavy atom. The van der Waals surface area contributed by atoms with Crippen molar-refractivity contribution < 1.29 is 29.0 Å². The second kappa shape index (κ2) is 10.2. The van der Waals surface area contributed by atoms with Crippen molar-refractivity contribution >= 4 is 23.4 Å². The number of ether oxygens (including phenoxy) is 2. The molecule has 1 aliphatic rings. The molecule has 3 aromatic rings. The van der Waals surface area contributed by atoms with E-state index in [0.717, 1.165) is 5.01 Å². The first kappa shape index (κ1) is 23.6. The number of para-hydroxylation sites is 2. The number of phenolic OH excluding ortho intramolecular Hbond substituents is 1. The standard InChI is InChI=1S/C26H25N3O6/c1-3-34-22-15-17(27-16(2)30)13-14-20(22)25(32)28-29-23(19-11-7-8-12-21(19)31)24(26(29)33)35-18-9-5-4-6-10-18/h4-15,23-24,31H,3H2,1-2H3,(H,27,30)(H,28,32)/t23-,24+/m1/s1. The van der Waals surface area contributed by atoms with Gasteiger partial charge in [0.05, 0.1) is 12.2 Å². The average Bonchev–Trinajstić information content (AvgIpc) is 2.84. The fraction of sp³-hybridized carbons (Fsp3) is 0.192. The smallest absolute Gasteiger partial charge is 0.285 e. The zero-order chi connectivity index (χ0) is 24.9. The number of hydrogen-bond acceptors (Lipinski definition) is 6. The maximum atomic E-state index is 13.2. The second-order valence-electron chi connectivity index (χ2n) is 7.83. The fourth-order valence-corrected chi connectivity index (χ4v) is 3.82. The van der Waals surface area contributed by atoms with E-state index in [-0.39, 0.29) is 23.0 Å². The van der Waals surface area contributed by atoms with Gasteiger partial charge in [0.1, 0.15) is 23.3 Å². The normalized spacial score (nSPS) is 16.7. The highest BCUT2D eigenvalue weighted by Gasteiger charge is 2.52. The van der Waals surface area contributed by atoms with Crippen molar-refractivity contribution in [3.8, 4) is 17.2 Å². The predicted octanol–water partition coefficient (Wildman–Crippen LogP) is 3.43. The number of β-lactam (4-membered cyclic amide) rings is 1. The summed E-state index contributed by atoms with van der Waals surface area (Å²) in [5.41, 5.74) is 3.70. The molecule has 1 fully saturated rings. The van der Waals surface area contributed by atoms with E-state index >= 15 is 0 Å². The summed E-state index contributed by atoms with van der Waals surface area (Å²) in [6, 6.07) is 19.3. The van der Waals surface area contributed by atoms with Crippen molar-refractivity contribution in [3.63, 3.8) is 0 Å². The third-order valence-electron chi connectivity index (χ3n) is 5.38. The molecule has 0 saturated carbocycles. The quantitative estimate of drug-likeness (QED) is 0.430. The van der Waals surface area contributed by atoms with Crippen LogP contribution in [0.25, 0.3) is 0 Å². The van der Waals surface area contributed by atoms with Crippen LogP contribution in [0.2, 0.25) is 0 Å². The lowest BCUT2D eigenvalue weighted by Crippen LogP contribution is -2.67. The highest BCUT2D eigenvalue weighted by molar-refractivity contribution is 6.00. The Morgan fingerprint density at radius 2 is 1.74 bits per heavy atom. The van der Waals surface area contributed by atoms with Crippen LogP contribution in [-0.2, 0) is 9.59 Å². The van der Waals surface area contributed by atoms with Gasteiger partial charge in [-0.2, -0.15) is 0 Å². The Morgan fingerprint density at radius 3 is 2.43 bits per heavy atom. The van der Waals surface area contributed by atoms with E-state index in [1.165, 1.54) is 19.1 Å². The van der Waals surface area contributed by atoms with Crippen molar-refractivity contribution in [2.75, 3.05) is 11.9 Å². The van der Waals surface area contributed by atoms with E-state index < -0.39 is 24.0 Å². The second-order valence-corrected chi connectivity index (χ2v) is 7.83. The number of rotatable bonds is 8. The van der Waals surface area contributed by atoms with Crippen LogP contribution in [0.15, 0.2) is 72.8 Å². The lowest BCUT2D eigenvalue weighted by atomic mass is 9.91. The summed E-state index contributed by atoms with van der Waals surface area (Å²) >= 11 is 0. The summed E-state index contributed by atoms with van der Waals surface area (Å²) in [7, 11) is 0. The molecule has 4 rings (SSSR count). The molecule has 3 N–H and O–H groups in total. The van der Waals surface area contributed by atoms with E-state index in [9.17, 15) is 19.5 Å². The van der Waals surface area contributed by atoms with E-state index in [1.54, 1.807) is 61.5 Å². The van der Waals surface area contributed by atoms with Crippen LogP contribution in [-0.4, -0.2) is 40.5 Å². The van der Waals surface area contributed by atoms with Gasteiger partial charge < -0.3 is 19.9 Å². The van der Waals surface area contributed by atoms with Crippen LogP contribution in [0.1, 0.15) is 35.8 Å². The van der Waals surface area contributed by atoms with Gasteiger partial charge in [-0.3, -0.25) is 19.8 Å². The van der Waals surface area contributed by atoms with E-state index in [1.807, 2.05) is 6.07 Å². The van der Waals surface area contributed by atoms with Gasteiger partial charge in [0, 0.05) is 24.2 Å². The van der Waals surface area contributed by atoms with Gasteiger partial charge >= 0.3 is 0 Å². The number of hydrazine groups is 1. The van der Waals surface area contributed by atoms with Crippen molar-refractivity contribution in [2.45, 2.75) is 26.0 Å². The van der Waals surface area contributed by atoms with Crippen LogP contribution in [0.4, 0.5) is 5.69 Å². The number of carbonyl (C=O) groups is 3. The molecule has 3 aromatic carbocycles. The Balaban J connectivity index is 1.61. The summed E-state index contributed by atoms with van der Waals surface area (Å²) in [5, 5.41) is 14.2. The van der Waals surface area contributed by atoms with Crippen LogP contribution in [0.3, 0.4) is 0 Å². The summed E-state index contributed by atoms with van der Waals surface area (Å²) in [4.78, 5) is 37.6. The van der Waals surface area contributed by atoms with Crippen molar-refractivity contribution in [2.24, 2.45) is 0 Å². The number of hydrogen-bond donors (Lipinski definition) is 3. The molecule has 0 unspecified atom stereocenters. The van der Waals surface area contributed by atoms with E-state index in [2.05, 4.69) is 10.7 Å². The van der Waals surface area contributed by atoms with Crippen LogP contribution in [0.5, 0.6) is 17.2 Å². The molecule has 0 aromatic heterocycles. The van der Waals surface area contributed by atoms with Gasteiger partial charge in [0.25, 0.3) is 11.8 Å². The third-order valence-corrected chi connectivity index (χ3v) is 5.38. The van der Waals surface area contributed by atoms with E-state index in [0.29, 0.717) is 23.6 Å².